The quantitative estimate of drug-likeness (QED) is 0.727. The molecule has 0 atom stereocenters. The van der Waals surface area contributed by atoms with Gasteiger partial charge in [-0.1, -0.05) is 40.0 Å². The summed E-state index contributed by atoms with van der Waals surface area (Å²) < 4.78 is 1.02. The van der Waals surface area contributed by atoms with E-state index >= 15 is 0 Å². The van der Waals surface area contributed by atoms with Gasteiger partial charge in [-0.25, -0.2) is 0 Å². The molecule has 0 aliphatic rings. The van der Waals surface area contributed by atoms with Gasteiger partial charge in [0.2, 0.25) is 0 Å². The molecule has 0 aliphatic carbocycles. The van der Waals surface area contributed by atoms with Crippen LogP contribution in [0.1, 0.15) is 46.5 Å². The molecule has 1 aromatic heterocycles. The fourth-order valence-electron chi connectivity index (χ4n) is 1.79. The van der Waals surface area contributed by atoms with Crippen LogP contribution < -0.4 is 5.32 Å². The molecule has 0 spiro atoms. The van der Waals surface area contributed by atoms with Crippen molar-refractivity contribution < 1.29 is 0 Å². The standard InChI is InChI=1S/C14H23BrN2/c1-4-5-6-7-14(2,3)11-17-13-8-12(15)9-16-10-13/h8-10,17H,4-7,11H2,1-3H3. The second kappa shape index (κ2) is 7.00. The van der Waals surface area contributed by atoms with Gasteiger partial charge < -0.3 is 5.32 Å². The van der Waals surface area contributed by atoms with Crippen molar-refractivity contribution in [2.24, 2.45) is 5.41 Å². The molecule has 1 N–H and O–H groups in total. The SMILES string of the molecule is CCCCCC(C)(C)CNc1cncc(Br)c1. The molecule has 1 aromatic rings. The Morgan fingerprint density at radius 3 is 2.71 bits per heavy atom. The molecule has 96 valence electrons. The van der Waals surface area contributed by atoms with Crippen molar-refractivity contribution >= 4 is 21.6 Å². The summed E-state index contributed by atoms with van der Waals surface area (Å²) in [5.41, 5.74) is 1.43. The van der Waals surface area contributed by atoms with Crippen molar-refractivity contribution in [1.82, 2.24) is 4.98 Å². The summed E-state index contributed by atoms with van der Waals surface area (Å²) in [5.74, 6) is 0. The van der Waals surface area contributed by atoms with Crippen LogP contribution in [-0.4, -0.2) is 11.5 Å². The predicted molar refractivity (Wildman–Crippen MR) is 78.3 cm³/mol. The summed E-state index contributed by atoms with van der Waals surface area (Å²) >= 11 is 3.43. The number of hydrogen-bond acceptors (Lipinski definition) is 2. The second-order valence-electron chi connectivity index (χ2n) is 5.37. The molecule has 0 aliphatic heterocycles. The highest BCUT2D eigenvalue weighted by Crippen LogP contribution is 2.24. The van der Waals surface area contributed by atoms with Crippen LogP contribution in [-0.2, 0) is 0 Å². The molecule has 0 amide bonds. The third kappa shape index (κ3) is 6.06. The smallest absolute Gasteiger partial charge is 0.0538 e. The number of pyridine rings is 1. The zero-order valence-electron chi connectivity index (χ0n) is 11.1. The van der Waals surface area contributed by atoms with Crippen molar-refractivity contribution in [3.05, 3.63) is 22.9 Å². The normalized spacial score (nSPS) is 11.5. The molecule has 0 unspecified atom stereocenters. The molecule has 0 saturated carbocycles. The third-order valence-corrected chi connectivity index (χ3v) is 3.37. The van der Waals surface area contributed by atoms with E-state index in [1.54, 1.807) is 6.20 Å². The number of hydrogen-bond donors (Lipinski definition) is 1. The van der Waals surface area contributed by atoms with E-state index in [1.165, 1.54) is 25.7 Å². The number of rotatable bonds is 7. The van der Waals surface area contributed by atoms with Crippen molar-refractivity contribution in [2.75, 3.05) is 11.9 Å². The van der Waals surface area contributed by atoms with Gasteiger partial charge >= 0.3 is 0 Å². The zero-order chi connectivity index (χ0) is 12.7. The molecule has 1 rings (SSSR count). The minimum Gasteiger partial charge on any atom is -0.383 e. The number of nitrogens with zero attached hydrogens (tertiary/aromatic N) is 1. The highest BCUT2D eigenvalue weighted by atomic mass is 79.9. The van der Waals surface area contributed by atoms with Gasteiger partial charge in [-0.2, -0.15) is 0 Å². The number of nitrogens with one attached hydrogen (secondary N) is 1. The average Bonchev–Trinajstić information content (AvgIpc) is 2.27. The molecule has 17 heavy (non-hydrogen) atoms. The van der Waals surface area contributed by atoms with Gasteiger partial charge in [0.1, 0.15) is 0 Å². The number of halogens is 1. The Morgan fingerprint density at radius 2 is 2.06 bits per heavy atom. The van der Waals surface area contributed by atoms with Gasteiger partial charge in [0.15, 0.2) is 0 Å². The van der Waals surface area contributed by atoms with E-state index in [1.807, 2.05) is 6.20 Å². The van der Waals surface area contributed by atoms with Crippen molar-refractivity contribution in [1.29, 1.82) is 0 Å². The Labute approximate surface area is 113 Å². The van der Waals surface area contributed by atoms with E-state index in [9.17, 15) is 0 Å². The van der Waals surface area contributed by atoms with Crippen LogP contribution in [0.4, 0.5) is 5.69 Å². The van der Waals surface area contributed by atoms with Crippen LogP contribution in [0, 0.1) is 5.41 Å². The first-order valence-corrected chi connectivity index (χ1v) is 7.17. The predicted octanol–water partition coefficient (Wildman–Crippen LogP) is 4.86. The zero-order valence-corrected chi connectivity index (χ0v) is 12.7. The summed E-state index contributed by atoms with van der Waals surface area (Å²) in [6, 6.07) is 2.06. The molecule has 0 fully saturated rings. The van der Waals surface area contributed by atoms with Crippen LogP contribution in [0.3, 0.4) is 0 Å². The maximum atomic E-state index is 4.15. The summed E-state index contributed by atoms with van der Waals surface area (Å²) in [4.78, 5) is 4.15. The van der Waals surface area contributed by atoms with Crippen molar-refractivity contribution in [3.8, 4) is 0 Å². The molecular formula is C14H23BrN2. The molecule has 2 nitrogen and oxygen atoms in total. The first-order valence-electron chi connectivity index (χ1n) is 6.38. The highest BCUT2D eigenvalue weighted by Gasteiger charge is 2.16. The summed E-state index contributed by atoms with van der Waals surface area (Å²) in [7, 11) is 0. The topological polar surface area (TPSA) is 24.9 Å². The monoisotopic (exact) mass is 298 g/mol. The molecule has 0 radical (unpaired) electrons. The average molecular weight is 299 g/mol. The summed E-state index contributed by atoms with van der Waals surface area (Å²) in [6.45, 7) is 7.88. The Morgan fingerprint density at radius 1 is 1.29 bits per heavy atom. The highest BCUT2D eigenvalue weighted by molar-refractivity contribution is 9.10. The van der Waals surface area contributed by atoms with Crippen LogP contribution in [0.2, 0.25) is 0 Å². The Balaban J connectivity index is 2.38. The Hall–Kier alpha value is -0.570. The number of anilines is 1. The second-order valence-corrected chi connectivity index (χ2v) is 6.28. The molecule has 0 bridgehead atoms. The van der Waals surface area contributed by atoms with Crippen molar-refractivity contribution in [3.63, 3.8) is 0 Å². The van der Waals surface area contributed by atoms with Gasteiger partial charge in [0, 0.05) is 17.2 Å². The Kier molecular flexibility index (Phi) is 5.96. The van der Waals surface area contributed by atoms with Crippen LogP contribution in [0.25, 0.3) is 0 Å². The van der Waals surface area contributed by atoms with Gasteiger partial charge in [-0.05, 0) is 33.8 Å². The van der Waals surface area contributed by atoms with Gasteiger partial charge in [-0.15, -0.1) is 0 Å². The van der Waals surface area contributed by atoms with Gasteiger partial charge in [0.25, 0.3) is 0 Å². The Bertz CT molecular complexity index is 337. The first kappa shape index (κ1) is 14.5. The lowest BCUT2D eigenvalue weighted by Gasteiger charge is -2.25. The molecule has 0 aromatic carbocycles. The lowest BCUT2D eigenvalue weighted by Crippen LogP contribution is -2.23. The minimum absolute atomic E-state index is 0.345. The summed E-state index contributed by atoms with van der Waals surface area (Å²) in [5, 5.41) is 3.46. The fourth-order valence-corrected chi connectivity index (χ4v) is 2.16. The fraction of sp³-hybridized carbons (Fsp3) is 0.643. The molecular weight excluding hydrogens is 276 g/mol. The van der Waals surface area contributed by atoms with E-state index in [-0.39, 0.29) is 0 Å². The van der Waals surface area contributed by atoms with Gasteiger partial charge in [-0.3, -0.25) is 4.98 Å². The third-order valence-electron chi connectivity index (χ3n) is 2.93. The van der Waals surface area contributed by atoms with E-state index in [0.717, 1.165) is 16.7 Å². The van der Waals surface area contributed by atoms with Crippen LogP contribution in [0.5, 0.6) is 0 Å². The molecule has 0 saturated heterocycles. The van der Waals surface area contributed by atoms with Crippen LogP contribution >= 0.6 is 15.9 Å². The maximum absolute atomic E-state index is 4.15. The van der Waals surface area contributed by atoms with E-state index < -0.39 is 0 Å². The lowest BCUT2D eigenvalue weighted by atomic mass is 9.87. The van der Waals surface area contributed by atoms with E-state index in [4.69, 9.17) is 0 Å². The first-order chi connectivity index (χ1) is 8.03. The summed E-state index contributed by atoms with van der Waals surface area (Å²) in [6.07, 6.45) is 8.89. The van der Waals surface area contributed by atoms with E-state index in [2.05, 4.69) is 53.1 Å². The lowest BCUT2D eigenvalue weighted by molar-refractivity contribution is 0.342. The van der Waals surface area contributed by atoms with Crippen LogP contribution in [0.15, 0.2) is 22.9 Å². The maximum Gasteiger partial charge on any atom is 0.0538 e. The molecule has 3 heteroatoms. The molecule has 1 heterocycles. The number of aromatic nitrogens is 1. The van der Waals surface area contributed by atoms with E-state index in [0.29, 0.717) is 5.41 Å². The largest absolute Gasteiger partial charge is 0.383 e. The van der Waals surface area contributed by atoms with Gasteiger partial charge in [0.05, 0.1) is 11.9 Å². The minimum atomic E-state index is 0.345. The number of unbranched alkanes of at least 4 members (excludes halogenated alkanes) is 2. The van der Waals surface area contributed by atoms with Crippen molar-refractivity contribution in [2.45, 2.75) is 46.5 Å².